The van der Waals surface area contributed by atoms with Crippen molar-refractivity contribution in [1.82, 2.24) is 4.90 Å². The summed E-state index contributed by atoms with van der Waals surface area (Å²) in [6, 6.07) is 8.93. The number of benzene rings is 1. The van der Waals surface area contributed by atoms with Crippen LogP contribution in [0.15, 0.2) is 24.3 Å². The molecule has 1 aliphatic rings. The van der Waals surface area contributed by atoms with Crippen molar-refractivity contribution in [3.05, 3.63) is 35.4 Å². The van der Waals surface area contributed by atoms with Crippen molar-refractivity contribution in [3.63, 3.8) is 0 Å². The summed E-state index contributed by atoms with van der Waals surface area (Å²) in [6.45, 7) is 4.02. The van der Waals surface area contributed by atoms with Gasteiger partial charge in [0.1, 0.15) is 0 Å². The van der Waals surface area contributed by atoms with Crippen molar-refractivity contribution < 1.29 is 5.11 Å². The van der Waals surface area contributed by atoms with Gasteiger partial charge in [-0.3, -0.25) is 4.90 Å². The molecule has 3 N–H and O–H groups in total. The molecule has 0 spiro atoms. The Labute approximate surface area is 103 Å². The SMILES string of the molecule is Cc1ccccc1C(CN)N1CCCC1CO. The van der Waals surface area contributed by atoms with Crippen LogP contribution in [0.2, 0.25) is 0 Å². The van der Waals surface area contributed by atoms with E-state index in [2.05, 4.69) is 36.1 Å². The second kappa shape index (κ2) is 5.63. The van der Waals surface area contributed by atoms with Crippen LogP contribution < -0.4 is 5.73 Å². The number of hydrogen-bond acceptors (Lipinski definition) is 3. The summed E-state index contributed by atoms with van der Waals surface area (Å²) in [5.74, 6) is 0. The number of likely N-dealkylation sites (tertiary alicyclic amines) is 1. The summed E-state index contributed by atoms with van der Waals surface area (Å²) < 4.78 is 0. The number of nitrogens with two attached hydrogens (primary N) is 1. The summed E-state index contributed by atoms with van der Waals surface area (Å²) in [5, 5.41) is 9.41. The molecule has 1 heterocycles. The lowest BCUT2D eigenvalue weighted by atomic mass is 9.99. The standard InChI is InChI=1S/C14H22N2O/c1-11-5-2-3-7-13(11)14(9-15)16-8-4-6-12(16)10-17/h2-3,5,7,12,14,17H,4,6,8-10,15H2,1H3. The Morgan fingerprint density at radius 2 is 2.24 bits per heavy atom. The van der Waals surface area contributed by atoms with E-state index in [1.54, 1.807) is 0 Å². The van der Waals surface area contributed by atoms with Crippen LogP contribution in [-0.2, 0) is 0 Å². The third kappa shape index (κ3) is 2.51. The van der Waals surface area contributed by atoms with Crippen molar-refractivity contribution in [2.24, 2.45) is 5.73 Å². The summed E-state index contributed by atoms with van der Waals surface area (Å²) >= 11 is 0. The molecule has 2 atom stereocenters. The number of aryl methyl sites for hydroxylation is 1. The topological polar surface area (TPSA) is 49.5 Å². The first-order chi connectivity index (χ1) is 8.27. The van der Waals surface area contributed by atoms with E-state index < -0.39 is 0 Å². The number of aliphatic hydroxyl groups excluding tert-OH is 1. The molecule has 1 aliphatic heterocycles. The molecule has 1 aromatic rings. The fraction of sp³-hybridized carbons (Fsp3) is 0.571. The van der Waals surface area contributed by atoms with Crippen LogP contribution in [-0.4, -0.2) is 35.7 Å². The van der Waals surface area contributed by atoms with E-state index in [4.69, 9.17) is 5.73 Å². The van der Waals surface area contributed by atoms with Gasteiger partial charge in [0.15, 0.2) is 0 Å². The second-order valence-corrected chi connectivity index (χ2v) is 4.82. The zero-order valence-corrected chi connectivity index (χ0v) is 10.5. The van der Waals surface area contributed by atoms with E-state index >= 15 is 0 Å². The minimum absolute atomic E-state index is 0.238. The van der Waals surface area contributed by atoms with Crippen molar-refractivity contribution in [1.29, 1.82) is 0 Å². The van der Waals surface area contributed by atoms with Crippen LogP contribution >= 0.6 is 0 Å². The average Bonchev–Trinajstić information content (AvgIpc) is 2.81. The van der Waals surface area contributed by atoms with E-state index in [9.17, 15) is 5.11 Å². The highest BCUT2D eigenvalue weighted by Gasteiger charge is 2.30. The number of aliphatic hydroxyl groups is 1. The maximum atomic E-state index is 9.41. The molecular weight excluding hydrogens is 212 g/mol. The first kappa shape index (κ1) is 12.6. The molecule has 1 fully saturated rings. The molecule has 0 amide bonds. The highest BCUT2D eigenvalue weighted by molar-refractivity contribution is 5.29. The molecule has 94 valence electrons. The van der Waals surface area contributed by atoms with Gasteiger partial charge in [0, 0.05) is 18.6 Å². The van der Waals surface area contributed by atoms with Gasteiger partial charge in [0.25, 0.3) is 0 Å². The smallest absolute Gasteiger partial charge is 0.0587 e. The maximum Gasteiger partial charge on any atom is 0.0587 e. The summed E-state index contributed by atoms with van der Waals surface area (Å²) in [7, 11) is 0. The third-order valence-electron chi connectivity index (χ3n) is 3.80. The Kier molecular flexibility index (Phi) is 4.15. The van der Waals surface area contributed by atoms with E-state index in [0.29, 0.717) is 6.54 Å². The van der Waals surface area contributed by atoms with Crippen LogP contribution in [0.1, 0.15) is 30.0 Å². The Balaban J connectivity index is 2.24. The highest BCUT2D eigenvalue weighted by atomic mass is 16.3. The summed E-state index contributed by atoms with van der Waals surface area (Å²) in [4.78, 5) is 2.36. The number of rotatable bonds is 4. The van der Waals surface area contributed by atoms with Crippen molar-refractivity contribution in [3.8, 4) is 0 Å². The molecular formula is C14H22N2O. The molecule has 3 heteroatoms. The van der Waals surface area contributed by atoms with E-state index in [1.807, 2.05) is 0 Å². The summed E-state index contributed by atoms with van der Waals surface area (Å²) in [5.41, 5.74) is 8.53. The van der Waals surface area contributed by atoms with Crippen LogP contribution in [0.3, 0.4) is 0 Å². The molecule has 2 unspecified atom stereocenters. The third-order valence-corrected chi connectivity index (χ3v) is 3.80. The van der Waals surface area contributed by atoms with Gasteiger partial charge >= 0.3 is 0 Å². The minimum atomic E-state index is 0.238. The molecule has 0 aliphatic carbocycles. The number of nitrogens with zero attached hydrogens (tertiary/aromatic N) is 1. The van der Waals surface area contributed by atoms with Gasteiger partial charge < -0.3 is 10.8 Å². The van der Waals surface area contributed by atoms with Gasteiger partial charge in [-0.2, -0.15) is 0 Å². The molecule has 0 aromatic heterocycles. The van der Waals surface area contributed by atoms with E-state index in [-0.39, 0.29) is 18.7 Å². The fourth-order valence-electron chi connectivity index (χ4n) is 2.87. The van der Waals surface area contributed by atoms with E-state index in [0.717, 1.165) is 19.4 Å². The lowest BCUT2D eigenvalue weighted by molar-refractivity contribution is 0.121. The van der Waals surface area contributed by atoms with Gasteiger partial charge in [0.05, 0.1) is 6.61 Å². The Bertz CT molecular complexity index is 367. The normalized spacial score (nSPS) is 22.9. The first-order valence-corrected chi connectivity index (χ1v) is 6.40. The van der Waals surface area contributed by atoms with Crippen LogP contribution in [0.5, 0.6) is 0 Å². The zero-order valence-electron chi connectivity index (χ0n) is 10.5. The monoisotopic (exact) mass is 234 g/mol. The molecule has 17 heavy (non-hydrogen) atoms. The zero-order chi connectivity index (χ0) is 12.3. The van der Waals surface area contributed by atoms with Crippen molar-refractivity contribution >= 4 is 0 Å². The van der Waals surface area contributed by atoms with Crippen LogP contribution in [0, 0.1) is 6.92 Å². The lowest BCUT2D eigenvalue weighted by Crippen LogP contribution is -2.39. The highest BCUT2D eigenvalue weighted by Crippen LogP contribution is 2.30. The molecule has 3 nitrogen and oxygen atoms in total. The Hall–Kier alpha value is -0.900. The molecule has 0 bridgehead atoms. The fourth-order valence-corrected chi connectivity index (χ4v) is 2.87. The molecule has 1 aromatic carbocycles. The summed E-state index contributed by atoms with van der Waals surface area (Å²) in [6.07, 6.45) is 2.24. The van der Waals surface area contributed by atoms with Crippen molar-refractivity contribution in [2.75, 3.05) is 19.7 Å². The Morgan fingerprint density at radius 1 is 1.47 bits per heavy atom. The Morgan fingerprint density at radius 3 is 2.88 bits per heavy atom. The number of hydrogen-bond donors (Lipinski definition) is 2. The first-order valence-electron chi connectivity index (χ1n) is 6.40. The quantitative estimate of drug-likeness (QED) is 0.829. The largest absolute Gasteiger partial charge is 0.395 e. The molecule has 0 saturated carbocycles. The molecule has 2 rings (SSSR count). The molecule has 0 radical (unpaired) electrons. The lowest BCUT2D eigenvalue weighted by Gasteiger charge is -2.32. The van der Waals surface area contributed by atoms with Gasteiger partial charge in [0.2, 0.25) is 0 Å². The van der Waals surface area contributed by atoms with E-state index in [1.165, 1.54) is 11.1 Å². The van der Waals surface area contributed by atoms with Crippen LogP contribution in [0.4, 0.5) is 0 Å². The predicted octanol–water partition coefficient (Wildman–Crippen LogP) is 1.45. The minimum Gasteiger partial charge on any atom is -0.395 e. The maximum absolute atomic E-state index is 9.41. The van der Waals surface area contributed by atoms with Crippen LogP contribution in [0.25, 0.3) is 0 Å². The van der Waals surface area contributed by atoms with Crippen molar-refractivity contribution in [2.45, 2.75) is 31.8 Å². The van der Waals surface area contributed by atoms with Gasteiger partial charge in [-0.1, -0.05) is 24.3 Å². The second-order valence-electron chi connectivity index (χ2n) is 4.82. The van der Waals surface area contributed by atoms with Gasteiger partial charge in [-0.15, -0.1) is 0 Å². The predicted molar refractivity (Wildman–Crippen MR) is 69.8 cm³/mol. The van der Waals surface area contributed by atoms with Gasteiger partial charge in [-0.25, -0.2) is 0 Å². The van der Waals surface area contributed by atoms with Gasteiger partial charge in [-0.05, 0) is 37.4 Å². The average molecular weight is 234 g/mol. The molecule has 1 saturated heterocycles.